The van der Waals surface area contributed by atoms with Gasteiger partial charge in [0.25, 0.3) is 10.0 Å². The van der Waals surface area contributed by atoms with Crippen molar-refractivity contribution >= 4 is 21.5 Å². The Labute approximate surface area is 170 Å². The third-order valence-corrected chi connectivity index (χ3v) is 6.38. The van der Waals surface area contributed by atoms with E-state index < -0.39 is 10.0 Å². The summed E-state index contributed by atoms with van der Waals surface area (Å²) in [5, 5.41) is 0. The van der Waals surface area contributed by atoms with E-state index in [1.54, 1.807) is 61.5 Å². The molecule has 0 saturated carbocycles. The molecule has 0 N–H and O–H groups in total. The van der Waals surface area contributed by atoms with Crippen molar-refractivity contribution in [3.05, 3.63) is 95.3 Å². The van der Waals surface area contributed by atoms with E-state index in [2.05, 4.69) is 0 Å². The zero-order valence-electron chi connectivity index (χ0n) is 16.3. The highest BCUT2D eigenvalue weighted by Crippen LogP contribution is 2.24. The molecule has 6 heteroatoms. The van der Waals surface area contributed by atoms with Crippen LogP contribution in [0.5, 0.6) is 0 Å². The predicted molar refractivity (Wildman–Crippen MR) is 112 cm³/mol. The number of hydrogen-bond donors (Lipinski definition) is 0. The van der Waals surface area contributed by atoms with Gasteiger partial charge in [-0.15, -0.1) is 0 Å². The number of sulfonamides is 1. The molecule has 0 amide bonds. The minimum absolute atomic E-state index is 0.0217. The number of ketones is 1. The van der Waals surface area contributed by atoms with Gasteiger partial charge in [-0.05, 0) is 55.3 Å². The first-order valence-corrected chi connectivity index (χ1v) is 10.6. The molecule has 0 aromatic heterocycles. The molecule has 0 spiro atoms. The normalized spacial score (nSPS) is 11.3. The molecule has 0 fully saturated rings. The third-order valence-electron chi connectivity index (χ3n) is 4.60. The smallest absolute Gasteiger partial charge is 0.264 e. The Hall–Kier alpha value is -2.99. The van der Waals surface area contributed by atoms with Gasteiger partial charge >= 0.3 is 0 Å². The van der Waals surface area contributed by atoms with Crippen molar-refractivity contribution in [3.8, 4) is 0 Å². The number of carbonyl (C=O) groups is 1. The molecular formula is C23H22FNO3S. The van der Waals surface area contributed by atoms with E-state index in [9.17, 15) is 17.6 Å². The zero-order chi connectivity index (χ0) is 21.0. The molecule has 0 heterocycles. The summed E-state index contributed by atoms with van der Waals surface area (Å²) in [5.74, 6) is -0.621. The maximum atomic E-state index is 13.5. The number of hydrogen-bond acceptors (Lipinski definition) is 3. The van der Waals surface area contributed by atoms with Gasteiger partial charge in [0.2, 0.25) is 0 Å². The monoisotopic (exact) mass is 411 g/mol. The van der Waals surface area contributed by atoms with Crippen LogP contribution in [-0.4, -0.2) is 20.7 Å². The predicted octanol–water partition coefficient (Wildman–Crippen LogP) is 4.45. The van der Waals surface area contributed by atoms with Crippen molar-refractivity contribution in [1.29, 1.82) is 0 Å². The van der Waals surface area contributed by atoms with Crippen molar-refractivity contribution < 1.29 is 17.6 Å². The fourth-order valence-electron chi connectivity index (χ4n) is 3.01. The van der Waals surface area contributed by atoms with Gasteiger partial charge < -0.3 is 0 Å². The van der Waals surface area contributed by atoms with Crippen LogP contribution in [0.4, 0.5) is 10.1 Å². The maximum Gasteiger partial charge on any atom is 0.264 e. The average molecular weight is 411 g/mol. The van der Waals surface area contributed by atoms with Crippen LogP contribution in [0.25, 0.3) is 0 Å². The van der Waals surface area contributed by atoms with Crippen LogP contribution >= 0.6 is 0 Å². The molecule has 0 atom stereocenters. The second-order valence-corrected chi connectivity index (χ2v) is 8.82. The first kappa shape index (κ1) is 20.7. The van der Waals surface area contributed by atoms with Gasteiger partial charge in [0.05, 0.1) is 17.1 Å². The number of halogens is 1. The van der Waals surface area contributed by atoms with Gasteiger partial charge in [0, 0.05) is 6.42 Å². The van der Waals surface area contributed by atoms with Gasteiger partial charge in [0.15, 0.2) is 5.78 Å². The molecule has 4 nitrogen and oxygen atoms in total. The van der Waals surface area contributed by atoms with Gasteiger partial charge in [0.1, 0.15) is 5.82 Å². The fourth-order valence-corrected chi connectivity index (χ4v) is 4.45. The summed E-state index contributed by atoms with van der Waals surface area (Å²) >= 11 is 0. The number of anilines is 1. The lowest BCUT2D eigenvalue weighted by Gasteiger charge is -2.24. The molecule has 0 aliphatic heterocycles. The molecule has 0 radical (unpaired) electrons. The number of rotatable bonds is 7. The van der Waals surface area contributed by atoms with E-state index in [0.717, 1.165) is 9.87 Å². The average Bonchev–Trinajstić information content (AvgIpc) is 2.70. The van der Waals surface area contributed by atoms with Crippen molar-refractivity contribution in [2.75, 3.05) is 10.8 Å². The Balaban J connectivity index is 1.91. The van der Waals surface area contributed by atoms with Crippen LogP contribution in [0.15, 0.2) is 77.7 Å². The van der Waals surface area contributed by atoms with E-state index in [1.807, 2.05) is 6.92 Å². The molecule has 29 heavy (non-hydrogen) atoms. The topological polar surface area (TPSA) is 54.5 Å². The summed E-state index contributed by atoms with van der Waals surface area (Å²) in [7, 11) is -3.92. The van der Waals surface area contributed by atoms with E-state index in [1.165, 1.54) is 18.2 Å². The van der Waals surface area contributed by atoms with Gasteiger partial charge in [-0.3, -0.25) is 9.10 Å². The highest BCUT2D eigenvalue weighted by molar-refractivity contribution is 7.92. The maximum absolute atomic E-state index is 13.5. The molecule has 3 rings (SSSR count). The lowest BCUT2D eigenvalue weighted by Crippen LogP contribution is -2.36. The molecule has 0 aliphatic carbocycles. The highest BCUT2D eigenvalue weighted by atomic mass is 32.2. The van der Waals surface area contributed by atoms with E-state index >= 15 is 0 Å². The van der Waals surface area contributed by atoms with Crippen molar-refractivity contribution in [2.45, 2.75) is 25.2 Å². The van der Waals surface area contributed by atoms with Gasteiger partial charge in [-0.2, -0.15) is 0 Å². The van der Waals surface area contributed by atoms with Crippen molar-refractivity contribution in [1.82, 2.24) is 0 Å². The molecule has 3 aromatic carbocycles. The van der Waals surface area contributed by atoms with E-state index in [4.69, 9.17) is 0 Å². The van der Waals surface area contributed by atoms with Gasteiger partial charge in [-0.1, -0.05) is 48.0 Å². The SMILES string of the molecule is Cc1ccc(S(=O)(=O)N(CC(=O)Cc2ccc(F)c(C)c2)c2ccccc2)cc1. The fraction of sp³-hybridized carbons (Fsp3) is 0.174. The number of carbonyl (C=O) groups excluding carboxylic acids is 1. The summed E-state index contributed by atoms with van der Waals surface area (Å²) in [6.45, 7) is 3.19. The first-order chi connectivity index (χ1) is 13.8. The second-order valence-electron chi connectivity index (χ2n) is 6.96. The van der Waals surface area contributed by atoms with Crippen molar-refractivity contribution in [3.63, 3.8) is 0 Å². The summed E-state index contributed by atoms with van der Waals surface area (Å²) in [4.78, 5) is 12.8. The minimum Gasteiger partial charge on any atom is -0.297 e. The van der Waals surface area contributed by atoms with Crippen molar-refractivity contribution in [2.24, 2.45) is 0 Å². The van der Waals surface area contributed by atoms with Crippen LogP contribution < -0.4 is 4.31 Å². The molecular weight excluding hydrogens is 389 g/mol. The van der Waals surface area contributed by atoms with E-state index in [-0.39, 0.29) is 29.5 Å². The zero-order valence-corrected chi connectivity index (χ0v) is 17.1. The van der Waals surface area contributed by atoms with E-state index in [0.29, 0.717) is 16.8 Å². The molecule has 3 aromatic rings. The molecule has 0 bridgehead atoms. The number of nitrogens with zero attached hydrogens (tertiary/aromatic N) is 1. The third kappa shape index (κ3) is 4.90. The molecule has 0 saturated heterocycles. The van der Waals surface area contributed by atoms with Gasteiger partial charge in [-0.25, -0.2) is 12.8 Å². The summed E-state index contributed by atoms with van der Waals surface area (Å²) in [6.07, 6.45) is 0.0217. The minimum atomic E-state index is -3.92. The standard InChI is InChI=1S/C23H22FNO3S/c1-17-8-11-22(12-9-17)29(27,28)25(20-6-4-3-5-7-20)16-21(26)15-19-10-13-23(24)18(2)14-19/h3-14H,15-16H2,1-2H3. The van der Waals surface area contributed by atoms with Crippen LogP contribution in [0.2, 0.25) is 0 Å². The van der Waals surface area contributed by atoms with Crippen LogP contribution in [0.3, 0.4) is 0 Å². The number of benzene rings is 3. The summed E-state index contributed by atoms with van der Waals surface area (Å²) in [5.41, 5.74) is 2.45. The second kappa shape index (κ2) is 8.57. The molecule has 0 aliphatic rings. The summed E-state index contributed by atoms with van der Waals surface area (Å²) < 4.78 is 41.1. The lowest BCUT2D eigenvalue weighted by molar-refractivity contribution is -0.117. The Morgan fingerprint density at radius 2 is 1.59 bits per heavy atom. The Morgan fingerprint density at radius 1 is 0.931 bits per heavy atom. The Morgan fingerprint density at radius 3 is 2.21 bits per heavy atom. The number of Topliss-reactive ketones (excluding diaryl/α,β-unsaturated/α-hetero) is 1. The Bertz CT molecular complexity index is 1110. The largest absolute Gasteiger partial charge is 0.297 e. The quantitative estimate of drug-likeness (QED) is 0.577. The number of para-hydroxylation sites is 1. The molecule has 150 valence electrons. The Kier molecular flexibility index (Phi) is 6.13. The summed E-state index contributed by atoms with van der Waals surface area (Å²) in [6, 6.07) is 19.5. The first-order valence-electron chi connectivity index (χ1n) is 9.18. The molecule has 0 unspecified atom stereocenters. The van der Waals surface area contributed by atoms with Crippen LogP contribution in [0.1, 0.15) is 16.7 Å². The van der Waals surface area contributed by atoms with Crippen LogP contribution in [-0.2, 0) is 21.2 Å². The van der Waals surface area contributed by atoms with Crippen LogP contribution in [0, 0.1) is 19.7 Å². The lowest BCUT2D eigenvalue weighted by atomic mass is 10.1. The number of aryl methyl sites for hydroxylation is 2. The highest BCUT2D eigenvalue weighted by Gasteiger charge is 2.27.